The van der Waals surface area contributed by atoms with Crippen LogP contribution in [0.5, 0.6) is 0 Å². The summed E-state index contributed by atoms with van der Waals surface area (Å²) in [5.41, 5.74) is 0.960. The number of carbonyl (C=O) groups is 1. The standard InChI is InChI=1S/C13H21N3OS/c1-10-16-12(9-18-10)8-15-13(17)6-5-11-4-2-3-7-14-11/h9,11,14H,2-8H2,1H3,(H,15,17). The lowest BCUT2D eigenvalue weighted by Gasteiger charge is -2.22. The first-order valence-electron chi connectivity index (χ1n) is 6.65. The van der Waals surface area contributed by atoms with E-state index < -0.39 is 0 Å². The van der Waals surface area contributed by atoms with Crippen molar-refractivity contribution in [1.29, 1.82) is 0 Å². The van der Waals surface area contributed by atoms with Crippen LogP contribution in [-0.2, 0) is 11.3 Å². The van der Waals surface area contributed by atoms with Crippen LogP contribution in [0.3, 0.4) is 0 Å². The molecule has 2 N–H and O–H groups in total. The Morgan fingerprint density at radius 3 is 3.17 bits per heavy atom. The molecule has 1 fully saturated rings. The Balaban J connectivity index is 1.62. The first-order valence-corrected chi connectivity index (χ1v) is 7.53. The van der Waals surface area contributed by atoms with Crippen molar-refractivity contribution in [3.05, 3.63) is 16.1 Å². The van der Waals surface area contributed by atoms with Crippen molar-refractivity contribution in [2.75, 3.05) is 6.54 Å². The molecule has 5 heteroatoms. The molecular weight excluding hydrogens is 246 g/mol. The Labute approximate surface area is 112 Å². The molecule has 1 saturated heterocycles. The molecule has 4 nitrogen and oxygen atoms in total. The second kappa shape index (κ2) is 6.85. The van der Waals surface area contributed by atoms with Crippen LogP contribution in [-0.4, -0.2) is 23.5 Å². The number of aryl methyl sites for hydroxylation is 1. The highest BCUT2D eigenvalue weighted by molar-refractivity contribution is 7.09. The lowest BCUT2D eigenvalue weighted by Crippen LogP contribution is -2.35. The minimum atomic E-state index is 0.132. The van der Waals surface area contributed by atoms with E-state index in [-0.39, 0.29) is 5.91 Å². The predicted octanol–water partition coefficient (Wildman–Crippen LogP) is 1.99. The fourth-order valence-corrected chi connectivity index (χ4v) is 2.86. The summed E-state index contributed by atoms with van der Waals surface area (Å²) in [6.45, 7) is 3.64. The summed E-state index contributed by atoms with van der Waals surface area (Å²) in [5.74, 6) is 0.132. The van der Waals surface area contributed by atoms with Crippen LogP contribution in [0.2, 0.25) is 0 Å². The molecule has 0 radical (unpaired) electrons. The van der Waals surface area contributed by atoms with Crippen molar-refractivity contribution in [3.63, 3.8) is 0 Å². The summed E-state index contributed by atoms with van der Waals surface area (Å²) in [5, 5.41) is 9.44. The van der Waals surface area contributed by atoms with Gasteiger partial charge in [-0.15, -0.1) is 11.3 Å². The fourth-order valence-electron chi connectivity index (χ4n) is 2.24. The summed E-state index contributed by atoms with van der Waals surface area (Å²) >= 11 is 1.62. The highest BCUT2D eigenvalue weighted by Crippen LogP contribution is 2.12. The zero-order valence-electron chi connectivity index (χ0n) is 10.9. The van der Waals surface area contributed by atoms with Crippen LogP contribution in [0.4, 0.5) is 0 Å². The number of nitrogens with one attached hydrogen (secondary N) is 2. The van der Waals surface area contributed by atoms with Crippen LogP contribution in [0.15, 0.2) is 5.38 Å². The maximum Gasteiger partial charge on any atom is 0.220 e. The molecule has 1 aromatic rings. The number of piperidine rings is 1. The van der Waals surface area contributed by atoms with E-state index in [1.165, 1.54) is 19.3 Å². The number of hydrogen-bond donors (Lipinski definition) is 2. The maximum atomic E-state index is 11.7. The molecule has 1 aromatic heterocycles. The summed E-state index contributed by atoms with van der Waals surface area (Å²) in [7, 11) is 0. The van der Waals surface area contributed by atoms with Gasteiger partial charge in [0.25, 0.3) is 0 Å². The molecule has 1 atom stereocenters. The van der Waals surface area contributed by atoms with Gasteiger partial charge in [0, 0.05) is 17.8 Å². The summed E-state index contributed by atoms with van der Waals surface area (Å²) in [6, 6.07) is 0.533. The Morgan fingerprint density at radius 2 is 2.50 bits per heavy atom. The van der Waals surface area contributed by atoms with Crippen LogP contribution in [0, 0.1) is 6.92 Å². The molecule has 100 valence electrons. The van der Waals surface area contributed by atoms with Crippen molar-refractivity contribution in [3.8, 4) is 0 Å². The Morgan fingerprint density at radius 1 is 1.61 bits per heavy atom. The molecule has 0 aliphatic carbocycles. The van der Waals surface area contributed by atoms with Crippen molar-refractivity contribution >= 4 is 17.2 Å². The van der Waals surface area contributed by atoms with E-state index in [9.17, 15) is 4.79 Å². The van der Waals surface area contributed by atoms with E-state index in [1.54, 1.807) is 11.3 Å². The van der Waals surface area contributed by atoms with Gasteiger partial charge in [-0.05, 0) is 32.7 Å². The molecule has 0 saturated carbocycles. The van der Waals surface area contributed by atoms with Gasteiger partial charge in [-0.1, -0.05) is 6.42 Å². The van der Waals surface area contributed by atoms with Gasteiger partial charge in [0.1, 0.15) is 0 Å². The quantitative estimate of drug-likeness (QED) is 0.858. The molecule has 2 heterocycles. The molecule has 1 aliphatic rings. The largest absolute Gasteiger partial charge is 0.350 e. The minimum Gasteiger partial charge on any atom is -0.350 e. The van der Waals surface area contributed by atoms with Crippen LogP contribution >= 0.6 is 11.3 Å². The van der Waals surface area contributed by atoms with Crippen LogP contribution in [0.25, 0.3) is 0 Å². The zero-order valence-corrected chi connectivity index (χ0v) is 11.7. The third-order valence-corrected chi connectivity index (χ3v) is 4.09. The first-order chi connectivity index (χ1) is 8.74. The molecule has 0 aromatic carbocycles. The second-order valence-electron chi connectivity index (χ2n) is 4.82. The molecule has 1 aliphatic heterocycles. The van der Waals surface area contributed by atoms with E-state index in [0.717, 1.165) is 23.7 Å². The monoisotopic (exact) mass is 267 g/mol. The summed E-state index contributed by atoms with van der Waals surface area (Å²) < 4.78 is 0. The van der Waals surface area contributed by atoms with Crippen molar-refractivity contribution in [2.45, 2.75) is 51.6 Å². The first kappa shape index (κ1) is 13.5. The summed E-state index contributed by atoms with van der Waals surface area (Å²) in [6.07, 6.45) is 5.32. The normalized spacial score (nSPS) is 19.7. The number of hydrogen-bond acceptors (Lipinski definition) is 4. The Hall–Kier alpha value is -0.940. The van der Waals surface area contributed by atoms with Gasteiger partial charge >= 0.3 is 0 Å². The average Bonchev–Trinajstić information content (AvgIpc) is 2.81. The van der Waals surface area contributed by atoms with E-state index in [2.05, 4.69) is 15.6 Å². The maximum absolute atomic E-state index is 11.7. The Kier molecular flexibility index (Phi) is 5.13. The number of rotatable bonds is 5. The number of carbonyl (C=O) groups excluding carboxylic acids is 1. The lowest BCUT2D eigenvalue weighted by atomic mass is 10.0. The van der Waals surface area contributed by atoms with E-state index in [0.29, 0.717) is 19.0 Å². The van der Waals surface area contributed by atoms with Gasteiger partial charge < -0.3 is 10.6 Å². The Bertz CT molecular complexity index is 385. The molecule has 18 heavy (non-hydrogen) atoms. The molecule has 1 unspecified atom stereocenters. The fraction of sp³-hybridized carbons (Fsp3) is 0.692. The number of aromatic nitrogens is 1. The van der Waals surface area contributed by atoms with Gasteiger partial charge in [0.05, 0.1) is 17.2 Å². The van der Waals surface area contributed by atoms with Crippen LogP contribution in [0.1, 0.15) is 42.8 Å². The predicted molar refractivity (Wildman–Crippen MR) is 73.6 cm³/mol. The van der Waals surface area contributed by atoms with Gasteiger partial charge in [0.15, 0.2) is 0 Å². The molecule has 1 amide bonds. The smallest absolute Gasteiger partial charge is 0.220 e. The molecule has 0 spiro atoms. The average molecular weight is 267 g/mol. The highest BCUT2D eigenvalue weighted by atomic mass is 32.1. The number of amides is 1. The SMILES string of the molecule is Cc1nc(CNC(=O)CCC2CCCCN2)cs1. The van der Waals surface area contributed by atoms with E-state index in [1.807, 2.05) is 12.3 Å². The zero-order chi connectivity index (χ0) is 12.8. The van der Waals surface area contributed by atoms with E-state index >= 15 is 0 Å². The number of thiazole rings is 1. The lowest BCUT2D eigenvalue weighted by molar-refractivity contribution is -0.121. The third kappa shape index (κ3) is 4.38. The minimum absolute atomic E-state index is 0.132. The third-order valence-electron chi connectivity index (χ3n) is 3.27. The van der Waals surface area contributed by atoms with Crippen LogP contribution < -0.4 is 10.6 Å². The van der Waals surface area contributed by atoms with Gasteiger partial charge in [-0.25, -0.2) is 4.98 Å². The molecular formula is C13H21N3OS. The van der Waals surface area contributed by atoms with Gasteiger partial charge in [0.2, 0.25) is 5.91 Å². The van der Waals surface area contributed by atoms with Crippen molar-refractivity contribution < 1.29 is 4.79 Å². The van der Waals surface area contributed by atoms with Gasteiger partial charge in [-0.3, -0.25) is 4.79 Å². The molecule has 2 rings (SSSR count). The number of nitrogens with zero attached hydrogens (tertiary/aromatic N) is 1. The van der Waals surface area contributed by atoms with E-state index in [4.69, 9.17) is 0 Å². The highest BCUT2D eigenvalue weighted by Gasteiger charge is 2.13. The van der Waals surface area contributed by atoms with Crippen molar-refractivity contribution in [2.24, 2.45) is 0 Å². The molecule has 0 bridgehead atoms. The van der Waals surface area contributed by atoms with Crippen molar-refractivity contribution in [1.82, 2.24) is 15.6 Å². The second-order valence-corrected chi connectivity index (χ2v) is 5.88. The summed E-state index contributed by atoms with van der Waals surface area (Å²) in [4.78, 5) is 16.0. The topological polar surface area (TPSA) is 54.0 Å². The van der Waals surface area contributed by atoms with Gasteiger partial charge in [-0.2, -0.15) is 0 Å².